The first-order valence-electron chi connectivity index (χ1n) is 10.7. The van der Waals surface area contributed by atoms with E-state index in [2.05, 4.69) is 46.9 Å². The predicted octanol–water partition coefficient (Wildman–Crippen LogP) is 3.15. The van der Waals surface area contributed by atoms with Gasteiger partial charge in [-0.2, -0.15) is 0 Å². The molecule has 0 radical (unpaired) electrons. The summed E-state index contributed by atoms with van der Waals surface area (Å²) in [6.07, 6.45) is 11.3. The summed E-state index contributed by atoms with van der Waals surface area (Å²) in [5, 5.41) is 18.6. The van der Waals surface area contributed by atoms with Gasteiger partial charge in [-0.15, -0.1) is 10.2 Å². The van der Waals surface area contributed by atoms with Gasteiger partial charge in [0.15, 0.2) is 0 Å². The van der Waals surface area contributed by atoms with Crippen molar-refractivity contribution < 1.29 is 9.59 Å². The lowest BCUT2D eigenvalue weighted by Gasteiger charge is -2.30. The van der Waals surface area contributed by atoms with Crippen LogP contribution in [0.25, 0.3) is 0 Å². The lowest BCUT2D eigenvalue weighted by atomic mass is 9.84. The van der Waals surface area contributed by atoms with Gasteiger partial charge in [0.25, 0.3) is 0 Å². The van der Waals surface area contributed by atoms with Gasteiger partial charge in [-0.1, -0.05) is 70.3 Å². The molecule has 1 saturated carbocycles. The molecular formula is C21H33N5O2S. The van der Waals surface area contributed by atoms with Crippen LogP contribution in [0.15, 0.2) is 12.2 Å². The first-order valence-corrected chi connectivity index (χ1v) is 11.5. The Bertz CT molecular complexity index is 730. The molecule has 7 nitrogen and oxygen atoms in total. The summed E-state index contributed by atoms with van der Waals surface area (Å²) in [7, 11) is 0. The minimum Gasteiger partial charge on any atom is -0.349 e. The molecule has 2 aliphatic rings. The number of carbonyl (C=O) groups is 2. The van der Waals surface area contributed by atoms with Crippen molar-refractivity contribution in [2.24, 2.45) is 5.92 Å². The number of nitrogens with one attached hydrogen (secondary N) is 3. The quantitative estimate of drug-likeness (QED) is 0.590. The van der Waals surface area contributed by atoms with Gasteiger partial charge in [0, 0.05) is 17.5 Å². The molecule has 0 bridgehead atoms. The second kappa shape index (κ2) is 9.80. The number of hydrogen-bond acceptors (Lipinski definition) is 6. The molecule has 1 aliphatic carbocycles. The Labute approximate surface area is 177 Å². The van der Waals surface area contributed by atoms with E-state index >= 15 is 0 Å². The molecule has 1 aromatic rings. The molecule has 2 fully saturated rings. The highest BCUT2D eigenvalue weighted by atomic mass is 32.1. The number of anilines is 1. The van der Waals surface area contributed by atoms with Gasteiger partial charge in [-0.25, -0.2) is 0 Å². The van der Waals surface area contributed by atoms with Crippen molar-refractivity contribution >= 4 is 28.3 Å². The van der Waals surface area contributed by atoms with Crippen molar-refractivity contribution in [3.63, 3.8) is 0 Å². The maximum atomic E-state index is 12.4. The Kier molecular flexibility index (Phi) is 7.40. The highest BCUT2D eigenvalue weighted by Crippen LogP contribution is 2.28. The van der Waals surface area contributed by atoms with Crippen LogP contribution in [0.4, 0.5) is 5.13 Å². The summed E-state index contributed by atoms with van der Waals surface area (Å²) in [5.74, 6) is 0.390. The van der Waals surface area contributed by atoms with E-state index in [-0.39, 0.29) is 29.3 Å². The summed E-state index contributed by atoms with van der Waals surface area (Å²) in [4.78, 5) is 24.8. The zero-order chi connectivity index (χ0) is 20.9. The van der Waals surface area contributed by atoms with Crippen LogP contribution in [0, 0.1) is 5.92 Å². The fourth-order valence-corrected chi connectivity index (χ4v) is 4.50. The summed E-state index contributed by atoms with van der Waals surface area (Å²) < 4.78 is 0. The van der Waals surface area contributed by atoms with Crippen LogP contribution in [-0.4, -0.2) is 40.6 Å². The predicted molar refractivity (Wildman–Crippen MR) is 116 cm³/mol. The number of nitrogens with zero attached hydrogens (tertiary/aromatic N) is 2. The van der Waals surface area contributed by atoms with Crippen LogP contribution in [0.5, 0.6) is 0 Å². The standard InChI is InChI=1S/C21H33N5O2S/c1-21(2,3)19-25-26-20(29-19)24-17(27)10-9-15(13-14-7-5-4-6-8-14)23-18(28)16-11-12-22-16/h9-10,14-16,22H,4-8,11-13H2,1-3H3,(H,23,28)(H,24,26,27). The summed E-state index contributed by atoms with van der Waals surface area (Å²) >= 11 is 1.39. The monoisotopic (exact) mass is 419 g/mol. The molecule has 3 N–H and O–H groups in total. The van der Waals surface area contributed by atoms with Crippen molar-refractivity contribution in [2.75, 3.05) is 11.9 Å². The SMILES string of the molecule is CC(C)(C)c1nnc(NC(=O)C=CC(CC2CCCCC2)NC(=O)C2CCN2)s1. The Morgan fingerprint density at radius 2 is 1.93 bits per heavy atom. The minimum atomic E-state index is -0.244. The van der Waals surface area contributed by atoms with E-state index in [0.717, 1.165) is 24.4 Å². The molecule has 1 aromatic heterocycles. The molecule has 1 aliphatic heterocycles. The van der Waals surface area contributed by atoms with E-state index in [4.69, 9.17) is 0 Å². The molecule has 2 amide bonds. The Balaban J connectivity index is 1.58. The average molecular weight is 420 g/mol. The van der Waals surface area contributed by atoms with Gasteiger partial charge in [0.05, 0.1) is 6.04 Å². The van der Waals surface area contributed by atoms with E-state index < -0.39 is 0 Å². The molecule has 29 heavy (non-hydrogen) atoms. The van der Waals surface area contributed by atoms with Crippen LogP contribution in [0.2, 0.25) is 0 Å². The molecule has 3 rings (SSSR count). The fraction of sp³-hybridized carbons (Fsp3) is 0.714. The van der Waals surface area contributed by atoms with E-state index in [0.29, 0.717) is 11.0 Å². The summed E-state index contributed by atoms with van der Waals surface area (Å²) in [5.41, 5.74) is -0.0958. The van der Waals surface area contributed by atoms with Gasteiger partial charge >= 0.3 is 0 Å². The molecular weight excluding hydrogens is 386 g/mol. The third-order valence-corrected chi connectivity index (χ3v) is 6.82. The Morgan fingerprint density at radius 3 is 2.52 bits per heavy atom. The maximum absolute atomic E-state index is 12.4. The third-order valence-electron chi connectivity index (χ3n) is 5.56. The smallest absolute Gasteiger partial charge is 0.249 e. The largest absolute Gasteiger partial charge is 0.349 e. The number of hydrogen-bond donors (Lipinski definition) is 3. The van der Waals surface area contributed by atoms with E-state index in [1.54, 1.807) is 0 Å². The molecule has 2 heterocycles. The second-order valence-electron chi connectivity index (χ2n) is 9.16. The third kappa shape index (κ3) is 6.60. The molecule has 1 saturated heterocycles. The van der Waals surface area contributed by atoms with E-state index in [9.17, 15) is 9.59 Å². The fourth-order valence-electron chi connectivity index (χ4n) is 3.69. The van der Waals surface area contributed by atoms with Crippen molar-refractivity contribution in [1.29, 1.82) is 0 Å². The van der Waals surface area contributed by atoms with Gasteiger partial charge in [0.1, 0.15) is 5.01 Å². The van der Waals surface area contributed by atoms with Gasteiger partial charge in [0.2, 0.25) is 16.9 Å². The van der Waals surface area contributed by atoms with Crippen molar-refractivity contribution in [1.82, 2.24) is 20.8 Å². The van der Waals surface area contributed by atoms with Crippen LogP contribution in [0.1, 0.15) is 70.7 Å². The number of carbonyl (C=O) groups excluding carboxylic acids is 2. The molecule has 160 valence electrons. The van der Waals surface area contributed by atoms with Crippen molar-refractivity contribution in [3.8, 4) is 0 Å². The number of amides is 2. The average Bonchev–Trinajstić information content (AvgIpc) is 3.08. The summed E-state index contributed by atoms with van der Waals surface area (Å²) in [6.45, 7) is 7.08. The van der Waals surface area contributed by atoms with E-state index in [1.165, 1.54) is 49.5 Å². The maximum Gasteiger partial charge on any atom is 0.249 e. The van der Waals surface area contributed by atoms with Crippen LogP contribution in [-0.2, 0) is 15.0 Å². The highest BCUT2D eigenvalue weighted by molar-refractivity contribution is 7.15. The lowest BCUT2D eigenvalue weighted by molar-refractivity contribution is -0.125. The van der Waals surface area contributed by atoms with Crippen LogP contribution >= 0.6 is 11.3 Å². The van der Waals surface area contributed by atoms with Gasteiger partial charge in [-0.05, 0) is 25.3 Å². The van der Waals surface area contributed by atoms with Gasteiger partial charge in [-0.3, -0.25) is 14.9 Å². The molecule has 2 atom stereocenters. The van der Waals surface area contributed by atoms with Crippen molar-refractivity contribution in [2.45, 2.75) is 83.2 Å². The van der Waals surface area contributed by atoms with Crippen LogP contribution < -0.4 is 16.0 Å². The first kappa shape index (κ1) is 21.9. The normalized spacial score (nSPS) is 21.6. The number of aromatic nitrogens is 2. The molecule has 2 unspecified atom stereocenters. The van der Waals surface area contributed by atoms with Crippen molar-refractivity contribution in [3.05, 3.63) is 17.2 Å². The number of rotatable bonds is 7. The minimum absolute atomic E-state index is 0.0288. The van der Waals surface area contributed by atoms with E-state index in [1.807, 2.05) is 6.08 Å². The highest BCUT2D eigenvalue weighted by Gasteiger charge is 2.27. The molecule has 0 aromatic carbocycles. The molecule has 8 heteroatoms. The summed E-state index contributed by atoms with van der Waals surface area (Å²) in [6, 6.07) is -0.221. The zero-order valence-electron chi connectivity index (χ0n) is 17.7. The topological polar surface area (TPSA) is 96.0 Å². The Hall–Kier alpha value is -1.80. The van der Waals surface area contributed by atoms with Gasteiger partial charge < -0.3 is 10.6 Å². The second-order valence-corrected chi connectivity index (χ2v) is 10.1. The lowest BCUT2D eigenvalue weighted by Crippen LogP contribution is -2.55. The molecule has 0 spiro atoms. The Morgan fingerprint density at radius 1 is 1.21 bits per heavy atom. The first-order chi connectivity index (χ1) is 13.8. The zero-order valence-corrected chi connectivity index (χ0v) is 18.5. The van der Waals surface area contributed by atoms with Crippen LogP contribution in [0.3, 0.4) is 0 Å².